The molecule has 0 amide bonds. The lowest BCUT2D eigenvalue weighted by Gasteiger charge is -2.36. The van der Waals surface area contributed by atoms with E-state index < -0.39 is 0 Å². The molecule has 1 aromatic heterocycles. The number of hydrogen-bond acceptors (Lipinski definition) is 4. The molecule has 1 saturated heterocycles. The molecule has 1 aliphatic heterocycles. The average Bonchev–Trinajstić information content (AvgIpc) is 2.85. The quantitative estimate of drug-likeness (QED) is 0.388. The first-order valence-corrected chi connectivity index (χ1v) is 12.0. The molecule has 35 heavy (non-hydrogen) atoms. The molecular formula is C30H29N3O2. The van der Waals surface area contributed by atoms with E-state index in [1.54, 1.807) is 4.57 Å². The third-order valence-corrected chi connectivity index (χ3v) is 6.79. The van der Waals surface area contributed by atoms with Crippen molar-refractivity contribution < 1.29 is 4.74 Å². The van der Waals surface area contributed by atoms with Crippen molar-refractivity contribution in [2.45, 2.75) is 39.9 Å². The summed E-state index contributed by atoms with van der Waals surface area (Å²) in [6.07, 6.45) is 2.32. The van der Waals surface area contributed by atoms with E-state index in [-0.39, 0.29) is 17.8 Å². The second-order valence-electron chi connectivity index (χ2n) is 9.54. The van der Waals surface area contributed by atoms with E-state index in [2.05, 4.69) is 36.9 Å². The third-order valence-electron chi connectivity index (χ3n) is 6.79. The zero-order chi connectivity index (χ0) is 24.7. The van der Waals surface area contributed by atoms with E-state index >= 15 is 0 Å². The van der Waals surface area contributed by atoms with E-state index in [0.717, 1.165) is 52.1 Å². The summed E-state index contributed by atoms with van der Waals surface area (Å²) >= 11 is 0. The van der Waals surface area contributed by atoms with E-state index in [0.29, 0.717) is 10.9 Å². The molecular weight excluding hydrogens is 434 g/mol. The van der Waals surface area contributed by atoms with Gasteiger partial charge in [-0.2, -0.15) is 5.26 Å². The van der Waals surface area contributed by atoms with Crippen molar-refractivity contribution in [2.75, 3.05) is 18.0 Å². The highest BCUT2D eigenvalue weighted by atomic mass is 16.5. The Bertz CT molecular complexity index is 1500. The summed E-state index contributed by atoms with van der Waals surface area (Å²) in [5.41, 5.74) is 6.67. The largest absolute Gasteiger partial charge is 0.372 e. The molecule has 0 radical (unpaired) electrons. The Labute approximate surface area is 205 Å². The smallest absolute Gasteiger partial charge is 0.262 e. The molecule has 1 fully saturated rings. The zero-order valence-electron chi connectivity index (χ0n) is 20.6. The van der Waals surface area contributed by atoms with Crippen LogP contribution in [-0.2, 0) is 4.74 Å². The molecule has 0 saturated carbocycles. The molecule has 3 aromatic carbocycles. The number of rotatable bonds is 3. The van der Waals surface area contributed by atoms with Crippen molar-refractivity contribution in [2.24, 2.45) is 0 Å². The lowest BCUT2D eigenvalue weighted by molar-refractivity contribution is -0.00521. The van der Waals surface area contributed by atoms with Gasteiger partial charge in [-0.1, -0.05) is 18.2 Å². The highest BCUT2D eigenvalue weighted by Gasteiger charge is 2.22. The SMILES string of the molecule is Cc1cc(C#N)ccc1-c1cccc2c(=O)n(-c3ccc(N4CC(C)O[C@@H](C)C4)cc3)cc(C)c12. The van der Waals surface area contributed by atoms with Crippen LogP contribution in [0.5, 0.6) is 0 Å². The average molecular weight is 464 g/mol. The van der Waals surface area contributed by atoms with Gasteiger partial charge in [0.1, 0.15) is 0 Å². The summed E-state index contributed by atoms with van der Waals surface area (Å²) in [7, 11) is 0. The van der Waals surface area contributed by atoms with Gasteiger partial charge in [-0.25, -0.2) is 0 Å². The van der Waals surface area contributed by atoms with Crippen LogP contribution in [0, 0.1) is 25.2 Å². The van der Waals surface area contributed by atoms with Crippen molar-refractivity contribution >= 4 is 16.5 Å². The van der Waals surface area contributed by atoms with Gasteiger partial charge in [0, 0.05) is 36.0 Å². The first-order chi connectivity index (χ1) is 16.9. The highest BCUT2D eigenvalue weighted by Crippen LogP contribution is 2.32. The van der Waals surface area contributed by atoms with Crippen LogP contribution >= 0.6 is 0 Å². The first-order valence-electron chi connectivity index (χ1n) is 12.0. The summed E-state index contributed by atoms with van der Waals surface area (Å²) in [6.45, 7) is 9.96. The van der Waals surface area contributed by atoms with Crippen molar-refractivity contribution in [3.8, 4) is 22.9 Å². The van der Waals surface area contributed by atoms with Crippen LogP contribution in [0.2, 0.25) is 0 Å². The Morgan fingerprint density at radius 1 is 0.886 bits per heavy atom. The minimum absolute atomic E-state index is 0.0416. The molecule has 5 heteroatoms. The van der Waals surface area contributed by atoms with Crippen molar-refractivity contribution in [3.05, 3.63) is 93.9 Å². The van der Waals surface area contributed by atoms with E-state index in [1.165, 1.54) is 0 Å². The minimum Gasteiger partial charge on any atom is -0.372 e. The summed E-state index contributed by atoms with van der Waals surface area (Å²) < 4.78 is 7.60. The van der Waals surface area contributed by atoms with Crippen LogP contribution in [0.15, 0.2) is 71.7 Å². The summed E-state index contributed by atoms with van der Waals surface area (Å²) in [5, 5.41) is 10.9. The van der Waals surface area contributed by atoms with Crippen LogP contribution in [0.1, 0.15) is 30.5 Å². The van der Waals surface area contributed by atoms with Crippen molar-refractivity contribution in [1.82, 2.24) is 4.57 Å². The van der Waals surface area contributed by atoms with Crippen molar-refractivity contribution in [1.29, 1.82) is 5.26 Å². The maximum absolute atomic E-state index is 13.6. The molecule has 2 heterocycles. The van der Waals surface area contributed by atoms with Gasteiger partial charge in [0.2, 0.25) is 0 Å². The lowest BCUT2D eigenvalue weighted by atomic mass is 9.93. The molecule has 4 aromatic rings. The monoisotopic (exact) mass is 463 g/mol. The first kappa shape index (κ1) is 22.9. The van der Waals surface area contributed by atoms with Gasteiger partial charge >= 0.3 is 0 Å². The van der Waals surface area contributed by atoms with Gasteiger partial charge in [-0.05, 0) is 97.8 Å². The number of pyridine rings is 1. The predicted molar refractivity (Wildman–Crippen MR) is 141 cm³/mol. The summed E-state index contributed by atoms with van der Waals surface area (Å²) in [6, 6.07) is 22.0. The lowest BCUT2D eigenvalue weighted by Crippen LogP contribution is -2.45. The van der Waals surface area contributed by atoms with E-state index in [1.807, 2.05) is 68.6 Å². The van der Waals surface area contributed by atoms with Crippen molar-refractivity contribution in [3.63, 3.8) is 0 Å². The van der Waals surface area contributed by atoms with E-state index in [4.69, 9.17) is 4.74 Å². The number of nitrogens with zero attached hydrogens (tertiary/aromatic N) is 3. The molecule has 2 atom stereocenters. The van der Waals surface area contributed by atoms with Crippen LogP contribution in [0.3, 0.4) is 0 Å². The number of hydrogen-bond donors (Lipinski definition) is 0. The normalized spacial score (nSPS) is 18.0. The summed E-state index contributed by atoms with van der Waals surface area (Å²) in [4.78, 5) is 16.0. The van der Waals surface area contributed by atoms with Gasteiger partial charge in [0.25, 0.3) is 5.56 Å². The van der Waals surface area contributed by atoms with Crippen LogP contribution in [0.4, 0.5) is 5.69 Å². The maximum atomic E-state index is 13.6. The molecule has 0 bridgehead atoms. The van der Waals surface area contributed by atoms with Gasteiger partial charge < -0.3 is 9.64 Å². The molecule has 176 valence electrons. The molecule has 5 nitrogen and oxygen atoms in total. The number of anilines is 1. The Balaban J connectivity index is 1.57. The number of benzene rings is 3. The zero-order valence-corrected chi connectivity index (χ0v) is 20.6. The second-order valence-corrected chi connectivity index (χ2v) is 9.54. The van der Waals surface area contributed by atoms with Crippen LogP contribution in [0.25, 0.3) is 27.6 Å². The number of ether oxygens (including phenoxy) is 1. The Kier molecular flexibility index (Phi) is 5.92. The Morgan fingerprint density at radius 2 is 1.57 bits per heavy atom. The maximum Gasteiger partial charge on any atom is 0.262 e. The second kappa shape index (κ2) is 9.05. The molecule has 5 rings (SSSR count). The third kappa shape index (κ3) is 4.22. The number of aryl methyl sites for hydroxylation is 2. The van der Waals surface area contributed by atoms with Gasteiger partial charge in [-0.3, -0.25) is 9.36 Å². The standard InChI is InChI=1S/C30H29N3O2/c1-19-14-23(15-31)8-13-26(19)27-6-5-7-28-29(27)20(2)16-33(30(28)34)25-11-9-24(10-12-25)32-17-21(3)35-22(4)18-32/h5-14,16,21-22H,17-18H2,1-4H3/t21-,22?/m0/s1. The number of fused-ring (bicyclic) bond motifs is 1. The number of morpholine rings is 1. The Morgan fingerprint density at radius 3 is 2.23 bits per heavy atom. The summed E-state index contributed by atoms with van der Waals surface area (Å²) in [5.74, 6) is 0. The van der Waals surface area contributed by atoms with E-state index in [9.17, 15) is 10.1 Å². The molecule has 0 aliphatic carbocycles. The number of aromatic nitrogens is 1. The fourth-order valence-corrected chi connectivity index (χ4v) is 5.27. The fourth-order valence-electron chi connectivity index (χ4n) is 5.27. The predicted octanol–water partition coefficient (Wildman–Crippen LogP) is 5.76. The Hall–Kier alpha value is -3.88. The number of nitriles is 1. The van der Waals surface area contributed by atoms with Gasteiger partial charge in [0.15, 0.2) is 0 Å². The van der Waals surface area contributed by atoms with Crippen LogP contribution < -0.4 is 10.5 Å². The molecule has 0 spiro atoms. The topological polar surface area (TPSA) is 58.3 Å². The van der Waals surface area contributed by atoms with Gasteiger partial charge in [0.05, 0.1) is 23.8 Å². The van der Waals surface area contributed by atoms with Crippen LogP contribution in [-0.4, -0.2) is 29.9 Å². The molecule has 1 aliphatic rings. The highest BCUT2D eigenvalue weighted by molar-refractivity contribution is 5.99. The molecule has 1 unspecified atom stereocenters. The minimum atomic E-state index is -0.0416. The molecule has 0 N–H and O–H groups in total. The fraction of sp³-hybridized carbons (Fsp3) is 0.267. The van der Waals surface area contributed by atoms with Gasteiger partial charge in [-0.15, -0.1) is 0 Å².